The fourth-order valence-corrected chi connectivity index (χ4v) is 1.44. The zero-order valence-corrected chi connectivity index (χ0v) is 8.67. The molecule has 0 fully saturated rings. The van der Waals surface area contributed by atoms with Crippen molar-refractivity contribution in [3.63, 3.8) is 0 Å². The molecule has 1 aromatic rings. The van der Waals surface area contributed by atoms with Gasteiger partial charge in [0.15, 0.2) is 0 Å². The summed E-state index contributed by atoms with van der Waals surface area (Å²) in [5, 5.41) is 19.0. The Labute approximate surface area is 88.9 Å². The van der Waals surface area contributed by atoms with Gasteiger partial charge in [-0.25, -0.2) is 0 Å². The number of aromatic nitrogens is 2. The highest BCUT2D eigenvalue weighted by Crippen LogP contribution is 2.14. The van der Waals surface area contributed by atoms with Crippen LogP contribution in [0.4, 0.5) is 0 Å². The van der Waals surface area contributed by atoms with E-state index in [2.05, 4.69) is 15.5 Å². The number of rotatable bonds is 1. The molecule has 4 nitrogen and oxygen atoms in total. The molecular formula is C7H13Cl2N3O. The molecule has 1 aliphatic rings. The van der Waals surface area contributed by atoms with Crippen LogP contribution in [0.15, 0.2) is 0 Å². The lowest BCUT2D eigenvalue weighted by Gasteiger charge is -2.11. The van der Waals surface area contributed by atoms with E-state index in [1.54, 1.807) is 0 Å². The van der Waals surface area contributed by atoms with Gasteiger partial charge < -0.3 is 10.4 Å². The Hall–Kier alpha value is -0.290. The number of H-pyrrole nitrogens is 1. The van der Waals surface area contributed by atoms with Gasteiger partial charge in [-0.1, -0.05) is 0 Å². The van der Waals surface area contributed by atoms with E-state index in [1.807, 2.05) is 0 Å². The summed E-state index contributed by atoms with van der Waals surface area (Å²) >= 11 is 0. The van der Waals surface area contributed by atoms with Gasteiger partial charge in [0.2, 0.25) is 0 Å². The molecule has 0 spiro atoms. The van der Waals surface area contributed by atoms with Crippen LogP contribution in [0.1, 0.15) is 17.0 Å². The van der Waals surface area contributed by atoms with Crippen molar-refractivity contribution in [1.82, 2.24) is 15.5 Å². The van der Waals surface area contributed by atoms with Crippen LogP contribution in [0.3, 0.4) is 0 Å². The van der Waals surface area contributed by atoms with Crippen LogP contribution in [0, 0.1) is 0 Å². The lowest BCUT2D eigenvalue weighted by atomic mass is 10.1. The smallest absolute Gasteiger partial charge is 0.0912 e. The molecule has 0 amide bonds. The summed E-state index contributed by atoms with van der Waals surface area (Å²) < 4.78 is 0. The molecule has 2 heterocycles. The maximum absolute atomic E-state index is 8.88. The van der Waals surface area contributed by atoms with Crippen molar-refractivity contribution in [3.05, 3.63) is 17.0 Å². The van der Waals surface area contributed by atoms with Gasteiger partial charge in [-0.3, -0.25) is 5.10 Å². The first-order chi connectivity index (χ1) is 5.42. The number of aromatic amines is 1. The second kappa shape index (κ2) is 5.44. The monoisotopic (exact) mass is 225 g/mol. The number of aliphatic hydroxyl groups is 1. The Morgan fingerprint density at radius 3 is 2.85 bits per heavy atom. The average Bonchev–Trinajstić information content (AvgIpc) is 2.47. The van der Waals surface area contributed by atoms with Crippen molar-refractivity contribution in [2.24, 2.45) is 0 Å². The summed E-state index contributed by atoms with van der Waals surface area (Å²) in [6.07, 6.45) is 0.974. The number of aliphatic hydroxyl groups excluding tert-OH is 1. The predicted octanol–water partition coefficient (Wildman–Crippen LogP) is 0.391. The normalized spacial score (nSPS) is 13.9. The Morgan fingerprint density at radius 2 is 2.15 bits per heavy atom. The quantitative estimate of drug-likeness (QED) is 0.649. The van der Waals surface area contributed by atoms with Gasteiger partial charge in [0.1, 0.15) is 0 Å². The maximum Gasteiger partial charge on any atom is 0.0912 e. The lowest BCUT2D eigenvalue weighted by molar-refractivity contribution is 0.275. The van der Waals surface area contributed by atoms with Crippen molar-refractivity contribution < 1.29 is 5.11 Å². The summed E-state index contributed by atoms with van der Waals surface area (Å²) in [5.41, 5.74) is 3.13. The van der Waals surface area contributed by atoms with E-state index >= 15 is 0 Å². The second-order valence-corrected chi connectivity index (χ2v) is 2.71. The SMILES string of the molecule is Cl.Cl.OCc1n[nH]c2c1CCNC2. The van der Waals surface area contributed by atoms with Crippen molar-refractivity contribution in [2.75, 3.05) is 6.54 Å². The topological polar surface area (TPSA) is 60.9 Å². The standard InChI is InChI=1S/C7H11N3O.2ClH/c11-4-7-5-1-2-8-3-6(5)9-10-7;;/h8,11H,1-4H2,(H,9,10);2*1H. The molecule has 76 valence electrons. The van der Waals surface area contributed by atoms with Gasteiger partial charge in [-0.2, -0.15) is 5.10 Å². The molecule has 1 aliphatic heterocycles. The third-order valence-electron chi connectivity index (χ3n) is 2.04. The van der Waals surface area contributed by atoms with Crippen LogP contribution in [0.25, 0.3) is 0 Å². The van der Waals surface area contributed by atoms with Crippen LogP contribution in [-0.4, -0.2) is 21.8 Å². The first-order valence-electron chi connectivity index (χ1n) is 3.78. The molecule has 0 bridgehead atoms. The molecule has 0 aromatic carbocycles. The summed E-state index contributed by atoms with van der Waals surface area (Å²) in [7, 11) is 0. The predicted molar refractivity (Wildman–Crippen MR) is 54.4 cm³/mol. The van der Waals surface area contributed by atoms with E-state index in [1.165, 1.54) is 5.56 Å². The van der Waals surface area contributed by atoms with E-state index in [0.717, 1.165) is 30.9 Å². The molecule has 0 radical (unpaired) electrons. The number of hydrogen-bond acceptors (Lipinski definition) is 3. The number of nitrogens with one attached hydrogen (secondary N) is 2. The third kappa shape index (κ3) is 2.34. The van der Waals surface area contributed by atoms with E-state index in [0.29, 0.717) is 0 Å². The van der Waals surface area contributed by atoms with Gasteiger partial charge in [-0.05, 0) is 13.0 Å². The van der Waals surface area contributed by atoms with Crippen LogP contribution in [-0.2, 0) is 19.6 Å². The minimum Gasteiger partial charge on any atom is -0.390 e. The molecule has 13 heavy (non-hydrogen) atoms. The molecule has 1 aromatic heterocycles. The minimum absolute atomic E-state index is 0. The number of halogens is 2. The second-order valence-electron chi connectivity index (χ2n) is 2.71. The highest BCUT2D eigenvalue weighted by molar-refractivity contribution is 5.85. The number of nitrogens with zero attached hydrogens (tertiary/aromatic N) is 1. The van der Waals surface area contributed by atoms with E-state index in [4.69, 9.17) is 5.11 Å². The highest BCUT2D eigenvalue weighted by Gasteiger charge is 2.14. The maximum atomic E-state index is 8.88. The van der Waals surface area contributed by atoms with Gasteiger partial charge in [-0.15, -0.1) is 24.8 Å². The zero-order chi connectivity index (χ0) is 7.68. The zero-order valence-electron chi connectivity index (χ0n) is 7.04. The molecule has 0 saturated carbocycles. The largest absolute Gasteiger partial charge is 0.390 e. The van der Waals surface area contributed by atoms with Gasteiger partial charge in [0, 0.05) is 12.1 Å². The fraction of sp³-hybridized carbons (Fsp3) is 0.571. The van der Waals surface area contributed by atoms with Crippen molar-refractivity contribution >= 4 is 24.8 Å². The van der Waals surface area contributed by atoms with Crippen LogP contribution < -0.4 is 5.32 Å². The molecule has 6 heteroatoms. The number of fused-ring (bicyclic) bond motifs is 1. The molecule has 0 saturated heterocycles. The minimum atomic E-state index is 0. The van der Waals surface area contributed by atoms with E-state index < -0.39 is 0 Å². The molecule has 2 rings (SSSR count). The lowest BCUT2D eigenvalue weighted by Crippen LogP contribution is -2.23. The van der Waals surface area contributed by atoms with Gasteiger partial charge >= 0.3 is 0 Å². The molecule has 0 atom stereocenters. The summed E-state index contributed by atoms with van der Waals surface area (Å²) in [6, 6.07) is 0. The molecule has 0 unspecified atom stereocenters. The summed E-state index contributed by atoms with van der Waals surface area (Å²) in [5.74, 6) is 0. The van der Waals surface area contributed by atoms with Crippen LogP contribution >= 0.6 is 24.8 Å². The van der Waals surface area contributed by atoms with Crippen molar-refractivity contribution in [1.29, 1.82) is 0 Å². The summed E-state index contributed by atoms with van der Waals surface area (Å²) in [6.45, 7) is 1.88. The molecule has 3 N–H and O–H groups in total. The Kier molecular flexibility index (Phi) is 5.32. The molecular weight excluding hydrogens is 213 g/mol. The Bertz CT molecular complexity index is 251. The van der Waals surface area contributed by atoms with E-state index in [-0.39, 0.29) is 31.4 Å². The fourth-order valence-electron chi connectivity index (χ4n) is 1.44. The number of hydrogen-bond donors (Lipinski definition) is 3. The molecule has 0 aliphatic carbocycles. The van der Waals surface area contributed by atoms with E-state index in [9.17, 15) is 0 Å². The van der Waals surface area contributed by atoms with Gasteiger partial charge in [0.05, 0.1) is 18.0 Å². The van der Waals surface area contributed by atoms with Gasteiger partial charge in [0.25, 0.3) is 0 Å². The average molecular weight is 226 g/mol. The first-order valence-corrected chi connectivity index (χ1v) is 3.78. The highest BCUT2D eigenvalue weighted by atomic mass is 35.5. The first kappa shape index (κ1) is 12.7. The Morgan fingerprint density at radius 1 is 1.38 bits per heavy atom. The van der Waals surface area contributed by atoms with Crippen molar-refractivity contribution in [2.45, 2.75) is 19.6 Å². The van der Waals surface area contributed by atoms with Crippen LogP contribution in [0.2, 0.25) is 0 Å². The van der Waals surface area contributed by atoms with Crippen LogP contribution in [0.5, 0.6) is 0 Å². The van der Waals surface area contributed by atoms with Crippen molar-refractivity contribution in [3.8, 4) is 0 Å². The third-order valence-corrected chi connectivity index (χ3v) is 2.04. The summed E-state index contributed by atoms with van der Waals surface area (Å²) in [4.78, 5) is 0. The Balaban J connectivity index is 0.000000720.